The Balaban J connectivity index is -0.000000608. The van der Waals surface area contributed by atoms with Gasteiger partial charge in [-0.15, -0.1) is 0 Å². The Morgan fingerprint density at radius 2 is 0.458 bits per heavy atom. The molecular weight excluding hydrogens is 664 g/mol. The molecule has 22 N–H and O–H groups in total. The van der Waals surface area contributed by atoms with Crippen LogP contribution in [-0.2, 0) is 54.9 Å². The molecule has 2 spiro atoms. The summed E-state index contributed by atoms with van der Waals surface area (Å²) in [6, 6.07) is 0. The average molecular weight is 711 g/mol. The van der Waals surface area contributed by atoms with Crippen molar-refractivity contribution in [1.29, 1.82) is 0 Å². The molecule has 4 heterocycles. The molecular formula is C12H46B10N2O24. The summed E-state index contributed by atoms with van der Waals surface area (Å²) < 4.78 is 52.8. The normalized spacial score (nSPS) is 19.6. The quantitative estimate of drug-likeness (QED) is 0.0702. The Hall–Kier alpha value is -0.391. The molecule has 0 saturated carbocycles. The molecule has 4 aliphatic heterocycles. The lowest BCUT2D eigenvalue weighted by molar-refractivity contribution is -0.368. The maximum Gasteiger partial charge on any atom is 0.582 e. The molecule has 0 aromatic rings. The summed E-state index contributed by atoms with van der Waals surface area (Å²) >= 11 is 0. The third kappa shape index (κ3) is 20.5. The van der Waals surface area contributed by atoms with Crippen LogP contribution in [0.5, 0.6) is 0 Å². The predicted molar refractivity (Wildman–Crippen MR) is 164 cm³/mol. The van der Waals surface area contributed by atoms with Crippen LogP contribution in [0, 0.1) is 0 Å². The van der Waals surface area contributed by atoms with Crippen LogP contribution >= 0.6 is 0 Å². The molecule has 4 aliphatic rings. The van der Waals surface area contributed by atoms with E-state index < -0.39 is 72.5 Å². The molecule has 4 saturated heterocycles. The molecule has 4 rings (SSSR count). The van der Waals surface area contributed by atoms with Gasteiger partial charge in [-0.05, 0) is 25.7 Å². The molecule has 48 heavy (non-hydrogen) atoms. The second kappa shape index (κ2) is 27.3. The zero-order valence-electron chi connectivity index (χ0n) is 26.1. The fourth-order valence-electron chi connectivity index (χ4n) is 3.95. The Bertz CT molecular complexity index is 630. The second-order valence-corrected chi connectivity index (χ2v) is 9.49. The molecule has 0 bridgehead atoms. The highest BCUT2D eigenvalue weighted by Crippen LogP contribution is 2.24. The van der Waals surface area contributed by atoms with Crippen molar-refractivity contribution in [2.45, 2.75) is 64.2 Å². The van der Waals surface area contributed by atoms with Crippen LogP contribution in [0.1, 0.15) is 64.2 Å². The van der Waals surface area contributed by atoms with Crippen LogP contribution in [-0.4, -0.2) is 148 Å². The third-order valence-electron chi connectivity index (χ3n) is 5.95. The van der Waals surface area contributed by atoms with Crippen LogP contribution in [0.2, 0.25) is 0 Å². The Labute approximate surface area is 278 Å². The summed E-state index contributed by atoms with van der Waals surface area (Å²) in [5, 5.41) is 71.5. The first-order valence-corrected chi connectivity index (χ1v) is 14.2. The van der Waals surface area contributed by atoms with Crippen LogP contribution in [0.3, 0.4) is 0 Å². The maximum atomic E-state index is 8.94. The fourth-order valence-corrected chi connectivity index (χ4v) is 3.95. The lowest BCUT2D eigenvalue weighted by Gasteiger charge is -2.49. The monoisotopic (exact) mass is 712 g/mol. The fraction of sp³-hybridized carbons (Fsp3) is 1.00. The van der Waals surface area contributed by atoms with E-state index >= 15 is 0 Å². The van der Waals surface area contributed by atoms with Crippen molar-refractivity contribution in [3.63, 3.8) is 0 Å². The van der Waals surface area contributed by atoms with Gasteiger partial charge in [0.2, 0.25) is 0 Å². The highest BCUT2D eigenvalue weighted by atomic mass is 17.0. The van der Waals surface area contributed by atoms with E-state index in [-0.39, 0.29) is 21.9 Å². The van der Waals surface area contributed by atoms with E-state index in [4.69, 9.17) is 40.2 Å². The Morgan fingerprint density at radius 3 is 0.604 bits per heavy atom. The van der Waals surface area contributed by atoms with Gasteiger partial charge in [-0.1, -0.05) is 38.5 Å². The Morgan fingerprint density at radius 1 is 0.312 bits per heavy atom. The van der Waals surface area contributed by atoms with E-state index in [0.29, 0.717) is 0 Å². The average Bonchev–Trinajstić information content (AvgIpc) is 2.87. The first-order chi connectivity index (χ1) is 20.9. The molecule has 0 aliphatic carbocycles. The minimum Gasteiger partial charge on any atom is -0.539 e. The summed E-state index contributed by atoms with van der Waals surface area (Å²) in [7, 11) is -15.2. The molecule has 4 fully saturated rings. The van der Waals surface area contributed by atoms with Crippen molar-refractivity contribution < 1.29 is 128 Å². The largest absolute Gasteiger partial charge is 0.582 e. The molecule has 0 atom stereocenters. The van der Waals surface area contributed by atoms with Crippen molar-refractivity contribution in [3.05, 3.63) is 0 Å². The maximum absolute atomic E-state index is 8.94. The van der Waals surface area contributed by atoms with Gasteiger partial charge in [0.15, 0.2) is 0 Å². The van der Waals surface area contributed by atoms with Gasteiger partial charge >= 0.3 is 72.5 Å². The molecule has 278 valence electrons. The van der Waals surface area contributed by atoms with Crippen LogP contribution in [0.25, 0.3) is 0 Å². The van der Waals surface area contributed by atoms with E-state index in [1.807, 2.05) is 0 Å². The van der Waals surface area contributed by atoms with Crippen molar-refractivity contribution in [2.75, 3.05) is 13.1 Å². The minimum absolute atomic E-state index is 0. The summed E-state index contributed by atoms with van der Waals surface area (Å²) in [4.78, 5) is 0. The van der Waals surface area contributed by atoms with Gasteiger partial charge in [-0.2, -0.15) is 0 Å². The van der Waals surface area contributed by atoms with Gasteiger partial charge in [0.05, 0.1) is 13.1 Å². The summed E-state index contributed by atoms with van der Waals surface area (Å²) in [5.74, 6) is 0. The first kappa shape index (κ1) is 52.0. The van der Waals surface area contributed by atoms with Gasteiger partial charge in [0.25, 0.3) is 0 Å². The smallest absolute Gasteiger partial charge is 0.539 e. The Kier molecular flexibility index (Phi) is 29.5. The molecule has 26 nitrogen and oxygen atoms in total. The van der Waals surface area contributed by atoms with Gasteiger partial charge in [0, 0.05) is 0 Å². The van der Waals surface area contributed by atoms with Gasteiger partial charge < -0.3 is 128 Å². The SMILES string of the molecule is O.O.O.O.OB1OB(O)O[B-]2(O1)OB(O)OB(O)O2.OB1OB(O)O[B-]2(O1)OB(O)OB(O)O2.[NH3+]CCCCCCCCCCCC[NH3+]. The topological polar surface area (TPSA) is 454 Å². The summed E-state index contributed by atoms with van der Waals surface area (Å²) in [6.45, 7) is -4.19. The van der Waals surface area contributed by atoms with Gasteiger partial charge in [-0.3, -0.25) is 0 Å². The van der Waals surface area contributed by atoms with E-state index in [1.54, 1.807) is 0 Å². The third-order valence-corrected chi connectivity index (χ3v) is 5.95. The van der Waals surface area contributed by atoms with Crippen molar-refractivity contribution in [2.24, 2.45) is 0 Å². The van der Waals surface area contributed by atoms with Crippen LogP contribution in [0.4, 0.5) is 0 Å². The summed E-state index contributed by atoms with van der Waals surface area (Å²) in [6.07, 6.45) is 14.1. The molecule has 0 unspecified atom stereocenters. The standard InChI is InChI=1S/C12H28N2.2B5H4O10.4H2O/c13-11-9-7-5-3-1-2-4-6-8-10-12-14;2*6-1-10-2(7)13-5(12-1)14-3(8)11-4(9)15-5;;;;/h1-14H2;2*6-9H;4*1H2/q;2*-1;;;;/p+2. The van der Waals surface area contributed by atoms with E-state index in [9.17, 15) is 0 Å². The van der Waals surface area contributed by atoms with Crippen molar-refractivity contribution in [3.8, 4) is 0 Å². The molecule has 0 amide bonds. The number of hydrogen-bond acceptors (Lipinski definition) is 20. The predicted octanol–water partition coefficient (Wildman–Crippen LogP) is -11.0. The summed E-state index contributed by atoms with van der Waals surface area (Å²) in [5.41, 5.74) is 7.71. The number of quaternary nitrogens is 2. The zero-order chi connectivity index (χ0) is 32.6. The first-order valence-electron chi connectivity index (χ1n) is 14.2. The highest BCUT2D eigenvalue weighted by molar-refractivity contribution is 6.82. The highest BCUT2D eigenvalue weighted by Gasteiger charge is 2.54. The van der Waals surface area contributed by atoms with E-state index in [0.717, 1.165) is 13.1 Å². The lowest BCUT2D eigenvalue weighted by Crippen LogP contribution is -2.69. The van der Waals surface area contributed by atoms with Gasteiger partial charge in [0.1, 0.15) is 0 Å². The van der Waals surface area contributed by atoms with Crippen LogP contribution in [0.15, 0.2) is 0 Å². The number of hydrogen-bond donors (Lipinski definition) is 10. The lowest BCUT2D eigenvalue weighted by atomic mass is 9.84. The van der Waals surface area contributed by atoms with E-state index in [1.165, 1.54) is 64.2 Å². The zero-order valence-corrected chi connectivity index (χ0v) is 26.1. The molecule has 0 aromatic carbocycles. The number of unbranched alkanes of at least 4 members (excludes halogenated alkanes) is 9. The second-order valence-electron chi connectivity index (χ2n) is 9.49. The molecule has 0 aromatic heterocycles. The number of rotatable bonds is 11. The van der Waals surface area contributed by atoms with Crippen molar-refractivity contribution >= 4 is 72.5 Å². The van der Waals surface area contributed by atoms with E-state index in [2.05, 4.69) is 66.3 Å². The van der Waals surface area contributed by atoms with Gasteiger partial charge in [-0.25, -0.2) is 0 Å². The molecule has 0 radical (unpaired) electrons. The molecule has 36 heteroatoms. The minimum atomic E-state index is -3.21. The van der Waals surface area contributed by atoms with Crippen LogP contribution < -0.4 is 11.5 Å². The van der Waals surface area contributed by atoms with Crippen molar-refractivity contribution in [1.82, 2.24) is 0 Å².